The van der Waals surface area contributed by atoms with Gasteiger partial charge in [0.05, 0.1) is 25.1 Å². The van der Waals surface area contributed by atoms with E-state index in [1.165, 1.54) is 25.0 Å². The van der Waals surface area contributed by atoms with Gasteiger partial charge in [0, 0.05) is 36.6 Å². The molecule has 2 rings (SSSR count). The molecule has 0 aliphatic heterocycles. The molecule has 11 N–H and O–H groups in total. The SMILES string of the molecule is NCCCCC(NC(=O)C(CC(=O)O)NC(=O)C(N)Cc1cnc[nH]1)C(=O)NC(Cc1cnc[nH]1)C(=O)O. The second kappa shape index (κ2) is 15.1. The van der Waals surface area contributed by atoms with Gasteiger partial charge in [0.2, 0.25) is 17.7 Å². The van der Waals surface area contributed by atoms with Crippen LogP contribution >= 0.6 is 0 Å². The van der Waals surface area contributed by atoms with Crippen LogP contribution in [0.1, 0.15) is 37.1 Å². The van der Waals surface area contributed by atoms with E-state index >= 15 is 0 Å². The highest BCUT2D eigenvalue weighted by Gasteiger charge is 2.31. The second-order valence-electron chi connectivity index (χ2n) is 8.57. The van der Waals surface area contributed by atoms with Gasteiger partial charge in [-0.3, -0.25) is 19.2 Å². The van der Waals surface area contributed by atoms with Crippen LogP contribution < -0.4 is 27.4 Å². The number of carbonyl (C=O) groups is 5. The highest BCUT2D eigenvalue weighted by Crippen LogP contribution is 2.06. The number of hydrogen-bond donors (Lipinski definition) is 9. The van der Waals surface area contributed by atoms with Gasteiger partial charge in [0.15, 0.2) is 0 Å². The number of carboxylic acids is 2. The molecule has 0 spiro atoms. The number of rotatable bonds is 17. The third-order valence-corrected chi connectivity index (χ3v) is 5.52. The average molecular weight is 536 g/mol. The molecular formula is C22H33N9O7. The second-order valence-corrected chi connectivity index (χ2v) is 8.57. The molecule has 16 nitrogen and oxygen atoms in total. The molecule has 2 heterocycles. The lowest BCUT2D eigenvalue weighted by Gasteiger charge is -2.24. The molecule has 0 bridgehead atoms. The highest BCUT2D eigenvalue weighted by molar-refractivity contribution is 5.95. The van der Waals surface area contributed by atoms with E-state index in [9.17, 15) is 34.2 Å². The van der Waals surface area contributed by atoms with Crippen molar-refractivity contribution < 1.29 is 34.2 Å². The molecule has 0 aliphatic carbocycles. The molecule has 0 aromatic carbocycles. The molecular weight excluding hydrogens is 502 g/mol. The Morgan fingerprint density at radius 1 is 0.816 bits per heavy atom. The van der Waals surface area contributed by atoms with Crippen molar-refractivity contribution in [3.05, 3.63) is 36.4 Å². The summed E-state index contributed by atoms with van der Waals surface area (Å²) in [5.74, 6) is -5.19. The molecule has 2 aromatic heterocycles. The molecule has 0 radical (unpaired) electrons. The van der Waals surface area contributed by atoms with Gasteiger partial charge in [0.25, 0.3) is 0 Å². The van der Waals surface area contributed by atoms with E-state index in [1.54, 1.807) is 0 Å². The van der Waals surface area contributed by atoms with Gasteiger partial charge in [0.1, 0.15) is 18.1 Å². The molecule has 2 aromatic rings. The van der Waals surface area contributed by atoms with Gasteiger partial charge in [-0.25, -0.2) is 14.8 Å². The Labute approximate surface area is 217 Å². The van der Waals surface area contributed by atoms with Gasteiger partial charge < -0.3 is 47.6 Å². The maximum absolute atomic E-state index is 13.0. The molecule has 16 heteroatoms. The predicted octanol–water partition coefficient (Wildman–Crippen LogP) is -2.61. The number of amides is 3. The molecule has 4 atom stereocenters. The summed E-state index contributed by atoms with van der Waals surface area (Å²) in [6.45, 7) is 0.325. The fraction of sp³-hybridized carbons (Fsp3) is 0.500. The average Bonchev–Trinajstić information content (AvgIpc) is 3.56. The Balaban J connectivity index is 2.11. The number of nitrogens with zero attached hydrogens (tertiary/aromatic N) is 2. The number of H-pyrrole nitrogens is 2. The van der Waals surface area contributed by atoms with E-state index in [4.69, 9.17) is 11.5 Å². The normalized spacial score (nSPS) is 14.1. The smallest absolute Gasteiger partial charge is 0.326 e. The number of aliphatic carboxylic acids is 2. The molecule has 208 valence electrons. The summed E-state index contributed by atoms with van der Waals surface area (Å²) in [4.78, 5) is 74.8. The third kappa shape index (κ3) is 9.98. The van der Waals surface area contributed by atoms with Crippen LogP contribution in [0, 0.1) is 0 Å². The Bertz CT molecular complexity index is 1060. The van der Waals surface area contributed by atoms with E-state index in [1.807, 2.05) is 0 Å². The van der Waals surface area contributed by atoms with Crippen LogP contribution in [-0.4, -0.2) is 90.5 Å². The lowest BCUT2D eigenvalue weighted by atomic mass is 10.1. The van der Waals surface area contributed by atoms with E-state index in [0.717, 1.165) is 0 Å². The number of hydrogen-bond acceptors (Lipinski definition) is 9. The predicted molar refractivity (Wildman–Crippen MR) is 131 cm³/mol. The minimum atomic E-state index is -1.54. The van der Waals surface area contributed by atoms with Crippen LogP contribution in [0.25, 0.3) is 0 Å². The van der Waals surface area contributed by atoms with Crippen molar-refractivity contribution in [2.75, 3.05) is 6.54 Å². The monoisotopic (exact) mass is 535 g/mol. The van der Waals surface area contributed by atoms with E-state index in [0.29, 0.717) is 30.8 Å². The van der Waals surface area contributed by atoms with Crippen molar-refractivity contribution >= 4 is 29.7 Å². The van der Waals surface area contributed by atoms with Gasteiger partial charge in [-0.15, -0.1) is 0 Å². The zero-order valence-corrected chi connectivity index (χ0v) is 20.6. The molecule has 0 aliphatic rings. The largest absolute Gasteiger partial charge is 0.481 e. The van der Waals surface area contributed by atoms with E-state index in [2.05, 4.69) is 35.9 Å². The number of aromatic amines is 2. The minimum absolute atomic E-state index is 0.0598. The summed E-state index contributed by atoms with van der Waals surface area (Å²) >= 11 is 0. The first-order valence-electron chi connectivity index (χ1n) is 11.9. The Kier molecular flexibility index (Phi) is 11.9. The summed E-state index contributed by atoms with van der Waals surface area (Å²) in [5.41, 5.74) is 12.4. The number of aromatic nitrogens is 4. The third-order valence-electron chi connectivity index (χ3n) is 5.52. The number of carboxylic acid groups (broad SMARTS) is 2. The molecule has 4 unspecified atom stereocenters. The first-order chi connectivity index (χ1) is 18.1. The fourth-order valence-electron chi connectivity index (χ4n) is 3.51. The number of unbranched alkanes of at least 4 members (excludes halogenated alkanes) is 1. The zero-order valence-electron chi connectivity index (χ0n) is 20.6. The van der Waals surface area contributed by atoms with Crippen LogP contribution in [0.15, 0.2) is 25.0 Å². The van der Waals surface area contributed by atoms with Crippen molar-refractivity contribution in [2.24, 2.45) is 11.5 Å². The first kappa shape index (κ1) is 29.9. The van der Waals surface area contributed by atoms with Crippen molar-refractivity contribution in [1.82, 2.24) is 35.9 Å². The summed E-state index contributed by atoms with van der Waals surface area (Å²) in [7, 11) is 0. The number of nitrogens with one attached hydrogen (secondary N) is 5. The number of carbonyl (C=O) groups excluding carboxylic acids is 3. The zero-order chi connectivity index (χ0) is 28.1. The lowest BCUT2D eigenvalue weighted by Crippen LogP contribution is -2.57. The van der Waals surface area contributed by atoms with Gasteiger partial charge in [-0.05, 0) is 25.8 Å². The Hall–Kier alpha value is -4.31. The van der Waals surface area contributed by atoms with Crippen molar-refractivity contribution in [2.45, 2.75) is 62.7 Å². The summed E-state index contributed by atoms with van der Waals surface area (Å²) in [6.07, 6.45) is 5.88. The van der Waals surface area contributed by atoms with E-state index in [-0.39, 0.29) is 19.3 Å². The van der Waals surface area contributed by atoms with E-state index < -0.39 is 60.2 Å². The first-order valence-corrected chi connectivity index (χ1v) is 11.9. The van der Waals surface area contributed by atoms with Gasteiger partial charge in [-0.2, -0.15) is 0 Å². The standard InChI is InChI=1S/C22H33N9O7/c23-4-2-1-3-15(20(35)31-17(22(37)38)6-13-9-26-11-28-13)29-21(36)16(7-18(32)33)30-19(34)14(24)5-12-8-25-10-27-12/h8-11,14-17H,1-7,23-24H2,(H,25,27)(H,26,28)(H,29,36)(H,30,34)(H,31,35)(H,32,33)(H,37,38). The fourth-order valence-corrected chi connectivity index (χ4v) is 3.51. The number of nitrogens with two attached hydrogens (primary N) is 2. The highest BCUT2D eigenvalue weighted by atomic mass is 16.4. The Morgan fingerprint density at radius 3 is 1.89 bits per heavy atom. The summed E-state index contributed by atoms with van der Waals surface area (Å²) in [5, 5.41) is 25.9. The maximum Gasteiger partial charge on any atom is 0.326 e. The lowest BCUT2D eigenvalue weighted by molar-refractivity contribution is -0.143. The number of imidazole rings is 2. The van der Waals surface area contributed by atoms with Crippen molar-refractivity contribution in [1.29, 1.82) is 0 Å². The summed E-state index contributed by atoms with van der Waals surface area (Å²) in [6, 6.07) is -5.20. The van der Waals surface area contributed by atoms with Crippen LogP contribution in [-0.2, 0) is 36.8 Å². The van der Waals surface area contributed by atoms with Crippen LogP contribution in [0.4, 0.5) is 0 Å². The molecule has 0 saturated heterocycles. The van der Waals surface area contributed by atoms with Crippen LogP contribution in [0.2, 0.25) is 0 Å². The molecule has 0 saturated carbocycles. The van der Waals surface area contributed by atoms with Gasteiger partial charge >= 0.3 is 11.9 Å². The van der Waals surface area contributed by atoms with Crippen LogP contribution in [0.5, 0.6) is 0 Å². The molecule has 38 heavy (non-hydrogen) atoms. The van der Waals surface area contributed by atoms with Crippen LogP contribution in [0.3, 0.4) is 0 Å². The van der Waals surface area contributed by atoms with Crippen molar-refractivity contribution in [3.8, 4) is 0 Å². The molecule has 3 amide bonds. The summed E-state index contributed by atoms with van der Waals surface area (Å²) < 4.78 is 0. The van der Waals surface area contributed by atoms with Gasteiger partial charge in [-0.1, -0.05) is 0 Å². The quantitative estimate of drug-likeness (QED) is 0.0946. The Morgan fingerprint density at radius 2 is 1.37 bits per heavy atom. The van der Waals surface area contributed by atoms with Crippen molar-refractivity contribution in [3.63, 3.8) is 0 Å². The minimum Gasteiger partial charge on any atom is -0.481 e. The topological polar surface area (TPSA) is 271 Å². The maximum atomic E-state index is 13.0. The molecule has 0 fully saturated rings.